The first-order valence-electron chi connectivity index (χ1n) is 7.74. The first-order valence-corrected chi connectivity index (χ1v) is 7.74. The fourth-order valence-electron chi connectivity index (χ4n) is 2.22. The molecule has 0 aliphatic rings. The van der Waals surface area contributed by atoms with Gasteiger partial charge in [-0.05, 0) is 23.3 Å². The van der Waals surface area contributed by atoms with Gasteiger partial charge in [-0.25, -0.2) is 0 Å². The highest BCUT2D eigenvalue weighted by atomic mass is 16.5. The van der Waals surface area contributed by atoms with Gasteiger partial charge in [0.1, 0.15) is 18.2 Å². The molecule has 0 saturated carbocycles. The summed E-state index contributed by atoms with van der Waals surface area (Å²) in [6.45, 7) is 0.867. The molecule has 0 atom stereocenters. The molecule has 1 aromatic carbocycles. The van der Waals surface area contributed by atoms with Crippen LogP contribution in [0.5, 0.6) is 6.01 Å². The minimum atomic E-state index is 0.162. The van der Waals surface area contributed by atoms with Crippen molar-refractivity contribution in [3.63, 3.8) is 0 Å². The van der Waals surface area contributed by atoms with Gasteiger partial charge in [0.2, 0.25) is 0 Å². The Kier molecular flexibility index (Phi) is 5.16. The van der Waals surface area contributed by atoms with Gasteiger partial charge in [-0.2, -0.15) is 9.97 Å². The summed E-state index contributed by atoms with van der Waals surface area (Å²) in [4.78, 5) is 12.4. The Balaban J connectivity index is 1.76. The molecule has 0 fully saturated rings. The van der Waals surface area contributed by atoms with Crippen LogP contribution in [-0.4, -0.2) is 21.2 Å². The first kappa shape index (κ1) is 16.4. The second-order valence-corrected chi connectivity index (χ2v) is 5.28. The van der Waals surface area contributed by atoms with Crippen LogP contribution in [0.3, 0.4) is 0 Å². The number of rotatable bonds is 7. The molecule has 0 bridgehead atoms. The largest absolute Gasteiger partial charge is 0.458 e. The van der Waals surface area contributed by atoms with Crippen LogP contribution in [0.4, 0.5) is 11.6 Å². The summed E-state index contributed by atoms with van der Waals surface area (Å²) in [5.74, 6) is 0.668. The topological polar surface area (TPSA) is 110 Å². The van der Waals surface area contributed by atoms with Crippen molar-refractivity contribution in [2.45, 2.75) is 13.2 Å². The van der Waals surface area contributed by atoms with Crippen molar-refractivity contribution in [2.75, 3.05) is 11.1 Å². The molecular weight excluding hydrogens is 316 g/mol. The van der Waals surface area contributed by atoms with E-state index in [1.54, 1.807) is 12.4 Å². The molecule has 0 aliphatic heterocycles. The van der Waals surface area contributed by atoms with Crippen molar-refractivity contribution >= 4 is 17.9 Å². The first-order chi connectivity index (χ1) is 12.3. The minimum Gasteiger partial charge on any atom is -0.458 e. The lowest BCUT2D eigenvalue weighted by atomic mass is 10.2. The van der Waals surface area contributed by atoms with Crippen molar-refractivity contribution in [3.05, 3.63) is 71.5 Å². The van der Waals surface area contributed by atoms with Crippen molar-refractivity contribution in [1.82, 2.24) is 15.0 Å². The fraction of sp³-hybridized carbons (Fsp3) is 0.111. The van der Waals surface area contributed by atoms with Crippen LogP contribution in [0.25, 0.3) is 0 Å². The van der Waals surface area contributed by atoms with Gasteiger partial charge in [-0.3, -0.25) is 4.98 Å². The van der Waals surface area contributed by atoms with Crippen molar-refractivity contribution in [3.8, 4) is 6.01 Å². The second-order valence-electron chi connectivity index (χ2n) is 5.28. The number of benzene rings is 1. The number of nitrogens with one attached hydrogen (secondary N) is 2. The predicted octanol–water partition coefficient (Wildman–Crippen LogP) is 2.64. The normalized spacial score (nSPS) is 10.2. The molecule has 7 nitrogen and oxygen atoms in total. The fourth-order valence-corrected chi connectivity index (χ4v) is 2.22. The average molecular weight is 334 g/mol. The van der Waals surface area contributed by atoms with Crippen LogP contribution in [0.1, 0.15) is 16.7 Å². The zero-order valence-electron chi connectivity index (χ0n) is 13.5. The van der Waals surface area contributed by atoms with Gasteiger partial charge in [0.25, 0.3) is 0 Å². The summed E-state index contributed by atoms with van der Waals surface area (Å²) in [5, 5.41) is 10.7. The summed E-state index contributed by atoms with van der Waals surface area (Å²) in [6.07, 6.45) is 4.52. The molecule has 0 aliphatic carbocycles. The molecule has 4 N–H and O–H groups in total. The Bertz CT molecular complexity index is 839. The highest BCUT2D eigenvalue weighted by molar-refractivity contribution is 5.90. The number of aromatic nitrogens is 3. The molecule has 2 aromatic heterocycles. The number of hydrogen-bond acceptors (Lipinski definition) is 7. The molecule has 3 rings (SSSR count). The average Bonchev–Trinajstić information content (AvgIpc) is 2.66. The Labute approximate surface area is 145 Å². The number of nitrogen functional groups attached to an aromatic ring is 1. The second kappa shape index (κ2) is 7.87. The predicted molar refractivity (Wildman–Crippen MR) is 96.7 cm³/mol. The van der Waals surface area contributed by atoms with Gasteiger partial charge in [-0.1, -0.05) is 30.3 Å². The van der Waals surface area contributed by atoms with Crippen LogP contribution in [0, 0.1) is 5.41 Å². The Morgan fingerprint density at radius 1 is 1.04 bits per heavy atom. The maximum Gasteiger partial charge on any atom is 0.320 e. The van der Waals surface area contributed by atoms with E-state index < -0.39 is 0 Å². The quantitative estimate of drug-likeness (QED) is 0.573. The summed E-state index contributed by atoms with van der Waals surface area (Å²) < 4.78 is 5.62. The SMILES string of the molecule is N=Cc1c(N)nc(OCc2ccncc2)nc1NCc1ccccc1. The summed E-state index contributed by atoms with van der Waals surface area (Å²) in [7, 11) is 0. The van der Waals surface area contributed by atoms with E-state index in [0.717, 1.165) is 17.3 Å². The highest BCUT2D eigenvalue weighted by Gasteiger charge is 2.12. The maximum atomic E-state index is 7.54. The number of ether oxygens (including phenoxy) is 1. The monoisotopic (exact) mass is 334 g/mol. The van der Waals surface area contributed by atoms with E-state index in [-0.39, 0.29) is 11.8 Å². The molecule has 0 amide bonds. The van der Waals surface area contributed by atoms with Crippen molar-refractivity contribution < 1.29 is 4.74 Å². The number of hydrogen-bond donors (Lipinski definition) is 3. The van der Waals surface area contributed by atoms with Crippen molar-refractivity contribution in [1.29, 1.82) is 5.41 Å². The maximum absolute atomic E-state index is 7.54. The van der Waals surface area contributed by atoms with Crippen LogP contribution in [0.2, 0.25) is 0 Å². The Morgan fingerprint density at radius 3 is 2.52 bits per heavy atom. The van der Waals surface area contributed by atoms with Gasteiger partial charge in [0.15, 0.2) is 0 Å². The van der Waals surface area contributed by atoms with Crippen LogP contribution < -0.4 is 15.8 Å². The third-order valence-corrected chi connectivity index (χ3v) is 3.52. The molecule has 2 heterocycles. The van der Waals surface area contributed by atoms with Crippen LogP contribution in [0.15, 0.2) is 54.9 Å². The van der Waals surface area contributed by atoms with Gasteiger partial charge in [0, 0.05) is 25.2 Å². The van der Waals surface area contributed by atoms with E-state index in [0.29, 0.717) is 24.5 Å². The molecule has 25 heavy (non-hydrogen) atoms. The lowest BCUT2D eigenvalue weighted by molar-refractivity contribution is 0.281. The van der Waals surface area contributed by atoms with Gasteiger partial charge in [0.05, 0.1) is 5.56 Å². The molecule has 7 heteroatoms. The number of nitrogens with zero attached hydrogens (tertiary/aromatic N) is 3. The van der Waals surface area contributed by atoms with E-state index in [2.05, 4.69) is 20.3 Å². The number of pyridine rings is 1. The molecule has 126 valence electrons. The lowest BCUT2D eigenvalue weighted by Crippen LogP contribution is -2.10. The van der Waals surface area contributed by atoms with Crippen LogP contribution >= 0.6 is 0 Å². The molecule has 0 radical (unpaired) electrons. The van der Waals surface area contributed by atoms with E-state index in [9.17, 15) is 0 Å². The third-order valence-electron chi connectivity index (χ3n) is 3.52. The summed E-state index contributed by atoms with van der Waals surface area (Å²) in [5.41, 5.74) is 8.42. The van der Waals surface area contributed by atoms with E-state index in [1.807, 2.05) is 42.5 Å². The van der Waals surface area contributed by atoms with Gasteiger partial charge < -0.3 is 21.2 Å². The Morgan fingerprint density at radius 2 is 1.80 bits per heavy atom. The van der Waals surface area contributed by atoms with Crippen LogP contribution in [-0.2, 0) is 13.2 Å². The number of anilines is 2. The highest BCUT2D eigenvalue weighted by Crippen LogP contribution is 2.21. The van der Waals surface area contributed by atoms with Crippen molar-refractivity contribution in [2.24, 2.45) is 0 Å². The molecule has 0 unspecified atom stereocenters. The standard InChI is InChI=1S/C18H18N6O/c19-10-15-16(20)23-18(25-12-14-6-8-21-9-7-14)24-17(15)22-11-13-4-2-1-3-5-13/h1-10,19H,11-12H2,(H3,20,22,23,24). The lowest BCUT2D eigenvalue weighted by Gasteiger charge is -2.12. The Hall–Kier alpha value is -3.48. The summed E-state index contributed by atoms with van der Waals surface area (Å²) in [6, 6.07) is 13.8. The molecule has 3 aromatic rings. The summed E-state index contributed by atoms with van der Waals surface area (Å²) >= 11 is 0. The minimum absolute atomic E-state index is 0.162. The number of nitrogens with two attached hydrogens (primary N) is 1. The third kappa shape index (κ3) is 4.29. The van der Waals surface area contributed by atoms with E-state index in [4.69, 9.17) is 15.9 Å². The molecular formula is C18H18N6O. The van der Waals surface area contributed by atoms with E-state index >= 15 is 0 Å². The smallest absolute Gasteiger partial charge is 0.320 e. The zero-order chi connectivity index (χ0) is 17.5. The zero-order valence-corrected chi connectivity index (χ0v) is 13.5. The van der Waals surface area contributed by atoms with Gasteiger partial charge in [-0.15, -0.1) is 0 Å². The van der Waals surface area contributed by atoms with E-state index in [1.165, 1.54) is 0 Å². The molecule has 0 spiro atoms. The molecule has 0 saturated heterocycles. The van der Waals surface area contributed by atoms with Gasteiger partial charge >= 0.3 is 6.01 Å².